The number of halogens is 1. The van der Waals surface area contributed by atoms with Crippen LogP contribution < -0.4 is 0 Å². The molecule has 0 unspecified atom stereocenters. The summed E-state index contributed by atoms with van der Waals surface area (Å²) in [6.45, 7) is 7.15. The molecule has 0 aliphatic rings. The molecule has 0 fully saturated rings. The molecule has 7 heteroatoms. The quantitative estimate of drug-likeness (QED) is 0.632. The number of phenolic OH excluding ortho intramolecular Hbond substituents is 1. The van der Waals surface area contributed by atoms with Gasteiger partial charge < -0.3 is 9.90 Å². The Labute approximate surface area is 169 Å². The van der Waals surface area contributed by atoms with Crippen LogP contribution in [-0.2, 0) is 20.2 Å². The lowest BCUT2D eigenvalue weighted by atomic mass is 9.80. The lowest BCUT2D eigenvalue weighted by Crippen LogP contribution is -2.18. The molecule has 29 heavy (non-hydrogen) atoms. The minimum atomic E-state index is -3.98. The number of benzene rings is 2. The van der Waals surface area contributed by atoms with Crippen molar-refractivity contribution in [1.29, 1.82) is 0 Å². The second kappa shape index (κ2) is 7.30. The standard InChI is InChI=1S/C22H24FNO4S/c1-14-5-7-16(8-6-14)29(27,28)24-13-18(22(3,4)10-9-15(2)25)17-11-21(26)19(23)12-20(17)24/h5-8,11-13,26H,9-10H2,1-4H3. The first-order chi connectivity index (χ1) is 13.4. The van der Waals surface area contributed by atoms with Crippen molar-refractivity contribution in [3.05, 3.63) is 59.5 Å². The number of aromatic nitrogens is 1. The summed E-state index contributed by atoms with van der Waals surface area (Å²) in [5, 5.41) is 10.3. The number of hydrogen-bond acceptors (Lipinski definition) is 4. The first-order valence-electron chi connectivity index (χ1n) is 9.29. The molecule has 5 nitrogen and oxygen atoms in total. The number of nitrogens with zero attached hydrogens (tertiary/aromatic N) is 1. The Bertz CT molecular complexity index is 1190. The Morgan fingerprint density at radius 3 is 2.38 bits per heavy atom. The maximum absolute atomic E-state index is 14.1. The van der Waals surface area contributed by atoms with Gasteiger partial charge in [0, 0.05) is 24.1 Å². The average Bonchev–Trinajstić information content (AvgIpc) is 3.01. The summed E-state index contributed by atoms with van der Waals surface area (Å²) in [6.07, 6.45) is 2.29. The maximum Gasteiger partial charge on any atom is 0.268 e. The molecule has 0 spiro atoms. The van der Waals surface area contributed by atoms with Gasteiger partial charge >= 0.3 is 0 Å². The minimum Gasteiger partial charge on any atom is -0.505 e. The maximum atomic E-state index is 14.1. The molecular weight excluding hydrogens is 393 g/mol. The second-order valence-corrected chi connectivity index (χ2v) is 9.88. The van der Waals surface area contributed by atoms with Crippen LogP contribution in [0.25, 0.3) is 10.9 Å². The van der Waals surface area contributed by atoms with Gasteiger partial charge in [0.05, 0.1) is 10.4 Å². The number of carbonyl (C=O) groups is 1. The van der Waals surface area contributed by atoms with E-state index in [1.807, 2.05) is 20.8 Å². The molecule has 0 saturated heterocycles. The van der Waals surface area contributed by atoms with Crippen LogP contribution in [0.3, 0.4) is 0 Å². The van der Waals surface area contributed by atoms with E-state index in [2.05, 4.69) is 0 Å². The highest BCUT2D eigenvalue weighted by Crippen LogP contribution is 2.39. The van der Waals surface area contributed by atoms with Crippen LogP contribution in [0.2, 0.25) is 0 Å². The molecule has 0 atom stereocenters. The van der Waals surface area contributed by atoms with Crippen LogP contribution in [0, 0.1) is 12.7 Å². The topological polar surface area (TPSA) is 76.4 Å². The summed E-state index contributed by atoms with van der Waals surface area (Å²) in [6, 6.07) is 8.69. The molecule has 1 aromatic heterocycles. The van der Waals surface area contributed by atoms with Crippen LogP contribution in [-0.4, -0.2) is 23.3 Å². The smallest absolute Gasteiger partial charge is 0.268 e. The van der Waals surface area contributed by atoms with Gasteiger partial charge in [0.25, 0.3) is 10.0 Å². The largest absolute Gasteiger partial charge is 0.505 e. The highest BCUT2D eigenvalue weighted by Gasteiger charge is 2.30. The van der Waals surface area contributed by atoms with E-state index >= 15 is 0 Å². The first kappa shape index (κ1) is 21.0. The number of carbonyl (C=O) groups excluding carboxylic acids is 1. The van der Waals surface area contributed by atoms with Crippen LogP contribution in [0.5, 0.6) is 5.75 Å². The van der Waals surface area contributed by atoms with Gasteiger partial charge in [-0.15, -0.1) is 0 Å². The minimum absolute atomic E-state index is 0.0305. The Hall–Kier alpha value is -2.67. The normalized spacial score (nSPS) is 12.4. The molecule has 2 aromatic carbocycles. The lowest BCUT2D eigenvalue weighted by Gasteiger charge is -2.24. The summed E-state index contributed by atoms with van der Waals surface area (Å²) in [5.41, 5.74) is 1.12. The van der Waals surface area contributed by atoms with Gasteiger partial charge in [-0.3, -0.25) is 0 Å². The zero-order valence-corrected chi connectivity index (χ0v) is 17.7. The molecule has 0 bridgehead atoms. The molecule has 0 radical (unpaired) electrons. The zero-order valence-electron chi connectivity index (χ0n) is 16.9. The van der Waals surface area contributed by atoms with E-state index < -0.39 is 27.0 Å². The Morgan fingerprint density at radius 2 is 1.79 bits per heavy atom. The number of hydrogen-bond donors (Lipinski definition) is 1. The fourth-order valence-electron chi connectivity index (χ4n) is 3.39. The van der Waals surface area contributed by atoms with Gasteiger partial charge in [0.2, 0.25) is 0 Å². The fraction of sp³-hybridized carbons (Fsp3) is 0.318. The molecule has 154 valence electrons. The van der Waals surface area contributed by atoms with Crippen LogP contribution >= 0.6 is 0 Å². The van der Waals surface area contributed by atoms with Crippen molar-refractivity contribution in [3.63, 3.8) is 0 Å². The lowest BCUT2D eigenvalue weighted by molar-refractivity contribution is -0.117. The molecule has 0 aliphatic carbocycles. The van der Waals surface area contributed by atoms with Crippen molar-refractivity contribution in [2.45, 2.75) is 50.8 Å². The summed E-state index contributed by atoms with van der Waals surface area (Å²) < 4.78 is 41.8. The third kappa shape index (κ3) is 3.92. The van der Waals surface area contributed by atoms with Gasteiger partial charge in [0.15, 0.2) is 11.6 Å². The summed E-state index contributed by atoms with van der Waals surface area (Å²) in [7, 11) is -3.98. The number of aryl methyl sites for hydroxylation is 1. The highest BCUT2D eigenvalue weighted by molar-refractivity contribution is 7.90. The van der Waals surface area contributed by atoms with Gasteiger partial charge in [-0.1, -0.05) is 31.5 Å². The SMILES string of the molecule is CC(=O)CCC(C)(C)c1cn(S(=O)(=O)c2ccc(C)cc2)c2cc(F)c(O)cc12. The van der Waals surface area contributed by atoms with E-state index in [0.29, 0.717) is 23.8 Å². The predicted octanol–water partition coefficient (Wildman–Crippen LogP) is 4.68. The molecule has 0 amide bonds. The van der Waals surface area contributed by atoms with Crippen molar-refractivity contribution in [2.75, 3.05) is 0 Å². The van der Waals surface area contributed by atoms with E-state index in [-0.39, 0.29) is 16.2 Å². The van der Waals surface area contributed by atoms with Gasteiger partial charge in [-0.25, -0.2) is 16.8 Å². The zero-order chi connectivity index (χ0) is 21.6. The van der Waals surface area contributed by atoms with E-state index in [1.54, 1.807) is 12.1 Å². The highest BCUT2D eigenvalue weighted by atomic mass is 32.2. The Kier molecular flexibility index (Phi) is 5.30. The van der Waals surface area contributed by atoms with Gasteiger partial charge in [-0.2, -0.15) is 0 Å². The van der Waals surface area contributed by atoms with E-state index in [1.165, 1.54) is 31.3 Å². The van der Waals surface area contributed by atoms with Crippen LogP contribution in [0.15, 0.2) is 47.5 Å². The van der Waals surface area contributed by atoms with Crippen LogP contribution in [0.1, 0.15) is 44.7 Å². The molecule has 3 aromatic rings. The molecule has 0 saturated carbocycles. The number of aromatic hydroxyl groups is 1. The summed E-state index contributed by atoms with van der Waals surface area (Å²) in [5.74, 6) is -1.42. The van der Waals surface area contributed by atoms with Crippen molar-refractivity contribution >= 4 is 26.7 Å². The number of fused-ring (bicyclic) bond motifs is 1. The first-order valence-corrected chi connectivity index (χ1v) is 10.7. The summed E-state index contributed by atoms with van der Waals surface area (Å²) in [4.78, 5) is 11.6. The fourth-order valence-corrected chi connectivity index (χ4v) is 4.75. The molecule has 0 aliphatic heterocycles. The predicted molar refractivity (Wildman–Crippen MR) is 110 cm³/mol. The van der Waals surface area contributed by atoms with Crippen molar-refractivity contribution in [3.8, 4) is 5.75 Å². The summed E-state index contributed by atoms with van der Waals surface area (Å²) >= 11 is 0. The van der Waals surface area contributed by atoms with E-state index in [9.17, 15) is 22.7 Å². The number of ketones is 1. The van der Waals surface area contributed by atoms with Crippen molar-refractivity contribution < 1.29 is 22.7 Å². The number of phenols is 1. The molecular formula is C22H24FNO4S. The van der Waals surface area contributed by atoms with Gasteiger partial charge in [0.1, 0.15) is 5.78 Å². The Morgan fingerprint density at radius 1 is 1.17 bits per heavy atom. The van der Waals surface area contributed by atoms with Gasteiger partial charge in [-0.05, 0) is 49.4 Å². The van der Waals surface area contributed by atoms with E-state index in [4.69, 9.17) is 0 Å². The third-order valence-electron chi connectivity index (χ3n) is 5.25. The molecule has 1 heterocycles. The second-order valence-electron chi connectivity index (χ2n) is 8.06. The van der Waals surface area contributed by atoms with E-state index in [0.717, 1.165) is 15.6 Å². The average molecular weight is 418 g/mol. The Balaban J connectivity index is 2.27. The third-order valence-corrected chi connectivity index (χ3v) is 6.94. The molecule has 3 rings (SSSR count). The van der Waals surface area contributed by atoms with Crippen molar-refractivity contribution in [2.24, 2.45) is 0 Å². The number of rotatable bonds is 6. The monoisotopic (exact) mass is 417 g/mol. The molecule has 1 N–H and O–H groups in total. The van der Waals surface area contributed by atoms with Crippen molar-refractivity contribution in [1.82, 2.24) is 3.97 Å². The van der Waals surface area contributed by atoms with Crippen LogP contribution in [0.4, 0.5) is 4.39 Å². The number of Topliss-reactive ketones (excluding diaryl/α,β-unsaturated/α-hetero) is 1.